The lowest BCUT2D eigenvalue weighted by Crippen LogP contribution is -2.49. The highest BCUT2D eigenvalue weighted by Gasteiger charge is 2.34. The predicted molar refractivity (Wildman–Crippen MR) is 145 cm³/mol. The fourth-order valence-corrected chi connectivity index (χ4v) is 8.06. The minimum absolute atomic E-state index is 0.0176. The number of carbonyl (C=O) groups is 1. The first-order valence-corrected chi connectivity index (χ1v) is 14.8. The average molecular weight is 562 g/mol. The molecule has 13 heteroatoms. The standard InChI is InChI=1S/C25H31N5O6S2/c1-17-23(38(33,34)30-11-9-28(10-12-30)19-7-3-4-8-20(19)35-2)22-24(37-17)27-16-29(25(22)32)15-21(31)26-14-18-6-5-13-36-18/h3-4,7-8,16,18H,5-6,9-15H2,1-2H3,(H,26,31). The third-order valence-corrected chi connectivity index (χ3v) is 10.1. The van der Waals surface area contributed by atoms with Gasteiger partial charge in [-0.15, -0.1) is 11.3 Å². The van der Waals surface area contributed by atoms with Crippen LogP contribution < -0.4 is 20.5 Å². The van der Waals surface area contributed by atoms with Crippen LogP contribution in [0.4, 0.5) is 5.69 Å². The second-order valence-corrected chi connectivity index (χ2v) is 12.4. The maximum atomic E-state index is 13.8. The minimum Gasteiger partial charge on any atom is -0.495 e. The first kappa shape index (κ1) is 26.6. The summed E-state index contributed by atoms with van der Waals surface area (Å²) in [5.74, 6) is 0.377. The van der Waals surface area contributed by atoms with Gasteiger partial charge in [-0.1, -0.05) is 12.1 Å². The van der Waals surface area contributed by atoms with E-state index in [1.807, 2.05) is 24.3 Å². The molecular weight excluding hydrogens is 530 g/mol. The Balaban J connectivity index is 1.36. The number of para-hydroxylation sites is 2. The number of sulfonamides is 1. The third-order valence-electron chi connectivity index (χ3n) is 6.93. The molecule has 4 heterocycles. The number of nitrogens with one attached hydrogen (secondary N) is 1. The number of hydrogen-bond acceptors (Lipinski definition) is 9. The van der Waals surface area contributed by atoms with Gasteiger partial charge >= 0.3 is 0 Å². The molecule has 2 saturated heterocycles. The van der Waals surface area contributed by atoms with Crippen LogP contribution in [0.2, 0.25) is 0 Å². The summed E-state index contributed by atoms with van der Waals surface area (Å²) < 4.78 is 41.2. The number of fused-ring (bicyclic) bond motifs is 1. The molecule has 0 aliphatic carbocycles. The molecule has 0 saturated carbocycles. The molecule has 5 rings (SSSR count). The highest BCUT2D eigenvalue weighted by Crippen LogP contribution is 2.34. The zero-order chi connectivity index (χ0) is 26.9. The summed E-state index contributed by atoms with van der Waals surface area (Å²) >= 11 is 1.17. The van der Waals surface area contributed by atoms with E-state index in [1.54, 1.807) is 14.0 Å². The highest BCUT2D eigenvalue weighted by molar-refractivity contribution is 7.89. The molecule has 1 aromatic carbocycles. The van der Waals surface area contributed by atoms with Crippen molar-refractivity contribution in [3.05, 3.63) is 45.8 Å². The largest absolute Gasteiger partial charge is 0.495 e. The van der Waals surface area contributed by atoms with Crippen LogP contribution in [0.25, 0.3) is 10.2 Å². The SMILES string of the molecule is COc1ccccc1N1CCN(S(=O)(=O)c2c(C)sc3ncn(CC(=O)NCC4CCCO4)c(=O)c23)CC1. The molecular formula is C25H31N5O6S2. The van der Waals surface area contributed by atoms with Crippen molar-refractivity contribution in [1.29, 1.82) is 0 Å². The van der Waals surface area contributed by atoms with E-state index < -0.39 is 15.6 Å². The van der Waals surface area contributed by atoms with Gasteiger partial charge in [-0.3, -0.25) is 14.2 Å². The Labute approximate surface area is 225 Å². The van der Waals surface area contributed by atoms with E-state index in [0.29, 0.717) is 35.9 Å². The van der Waals surface area contributed by atoms with E-state index in [-0.39, 0.29) is 41.9 Å². The fraction of sp³-hybridized carbons (Fsp3) is 0.480. The van der Waals surface area contributed by atoms with Crippen LogP contribution in [0.1, 0.15) is 17.7 Å². The van der Waals surface area contributed by atoms with Crippen molar-refractivity contribution in [2.24, 2.45) is 0 Å². The number of anilines is 1. The summed E-state index contributed by atoms with van der Waals surface area (Å²) in [4.78, 5) is 33.1. The molecule has 1 amide bonds. The first-order valence-electron chi connectivity index (χ1n) is 12.5. The van der Waals surface area contributed by atoms with E-state index in [2.05, 4.69) is 15.2 Å². The number of benzene rings is 1. The zero-order valence-electron chi connectivity index (χ0n) is 21.4. The summed E-state index contributed by atoms with van der Waals surface area (Å²) in [6.45, 7) is 3.98. The fourth-order valence-electron chi connectivity index (χ4n) is 4.97. The Morgan fingerprint density at radius 1 is 1.24 bits per heavy atom. The van der Waals surface area contributed by atoms with Crippen molar-refractivity contribution in [2.45, 2.75) is 37.3 Å². The van der Waals surface area contributed by atoms with Crippen molar-refractivity contribution in [3.8, 4) is 5.75 Å². The second-order valence-electron chi connectivity index (χ2n) is 9.35. The molecule has 2 aromatic heterocycles. The number of hydrogen-bond donors (Lipinski definition) is 1. The smallest absolute Gasteiger partial charge is 0.263 e. The van der Waals surface area contributed by atoms with Crippen molar-refractivity contribution in [3.63, 3.8) is 0 Å². The van der Waals surface area contributed by atoms with E-state index in [4.69, 9.17) is 9.47 Å². The van der Waals surface area contributed by atoms with Crippen molar-refractivity contribution < 1.29 is 22.7 Å². The third kappa shape index (κ3) is 5.15. The van der Waals surface area contributed by atoms with Gasteiger partial charge in [0.15, 0.2) is 0 Å². The van der Waals surface area contributed by atoms with Gasteiger partial charge in [-0.05, 0) is 31.9 Å². The molecule has 2 aliphatic heterocycles. The normalized spacial score (nSPS) is 18.7. The van der Waals surface area contributed by atoms with Gasteiger partial charge in [-0.2, -0.15) is 4.31 Å². The minimum atomic E-state index is -3.97. The van der Waals surface area contributed by atoms with Crippen LogP contribution in [0.5, 0.6) is 5.75 Å². The van der Waals surface area contributed by atoms with Crippen LogP contribution in [0.3, 0.4) is 0 Å². The molecule has 0 spiro atoms. The second kappa shape index (κ2) is 11.0. The quantitative estimate of drug-likeness (QED) is 0.440. The number of aryl methyl sites for hydroxylation is 1. The monoisotopic (exact) mass is 561 g/mol. The summed E-state index contributed by atoms with van der Waals surface area (Å²) in [7, 11) is -2.36. The van der Waals surface area contributed by atoms with Crippen molar-refractivity contribution in [1.82, 2.24) is 19.2 Å². The Morgan fingerprint density at radius 3 is 2.71 bits per heavy atom. The summed E-state index contributed by atoms with van der Waals surface area (Å²) in [5, 5.41) is 2.82. The molecule has 1 N–H and O–H groups in total. The summed E-state index contributed by atoms with van der Waals surface area (Å²) in [5.41, 5.74) is 0.368. The van der Waals surface area contributed by atoms with E-state index in [0.717, 1.165) is 28.8 Å². The number of ether oxygens (including phenoxy) is 2. The lowest BCUT2D eigenvalue weighted by Gasteiger charge is -2.35. The van der Waals surface area contributed by atoms with Crippen LogP contribution in [0, 0.1) is 6.92 Å². The van der Waals surface area contributed by atoms with E-state index in [9.17, 15) is 18.0 Å². The number of nitrogens with zero attached hydrogens (tertiary/aromatic N) is 4. The molecule has 2 aliphatic rings. The van der Waals surface area contributed by atoms with E-state index >= 15 is 0 Å². The van der Waals surface area contributed by atoms with Gasteiger partial charge in [0.05, 0.1) is 30.6 Å². The topological polar surface area (TPSA) is 123 Å². The number of amides is 1. The van der Waals surface area contributed by atoms with Crippen molar-refractivity contribution >= 4 is 43.2 Å². The van der Waals surface area contributed by atoms with Gasteiger partial charge in [0.1, 0.15) is 22.0 Å². The molecule has 11 nitrogen and oxygen atoms in total. The number of aromatic nitrogens is 2. The number of methoxy groups -OCH3 is 1. The molecule has 0 radical (unpaired) electrons. The Morgan fingerprint density at radius 2 is 2.00 bits per heavy atom. The van der Waals surface area contributed by atoms with Gasteiger partial charge in [0.2, 0.25) is 15.9 Å². The maximum Gasteiger partial charge on any atom is 0.263 e. The number of piperazine rings is 1. The van der Waals surface area contributed by atoms with Crippen LogP contribution in [0.15, 0.2) is 40.3 Å². The molecule has 1 atom stereocenters. The Kier molecular flexibility index (Phi) is 7.70. The molecule has 1 unspecified atom stereocenters. The van der Waals surface area contributed by atoms with Crippen LogP contribution in [-0.2, 0) is 26.1 Å². The lowest BCUT2D eigenvalue weighted by atomic mass is 10.2. The van der Waals surface area contributed by atoms with Crippen molar-refractivity contribution in [2.75, 3.05) is 51.3 Å². The van der Waals surface area contributed by atoms with Gasteiger partial charge in [0.25, 0.3) is 5.56 Å². The predicted octanol–water partition coefficient (Wildman–Crippen LogP) is 1.58. The lowest BCUT2D eigenvalue weighted by molar-refractivity contribution is -0.122. The van der Waals surface area contributed by atoms with Crippen LogP contribution in [-0.4, -0.2) is 80.7 Å². The summed E-state index contributed by atoms with van der Waals surface area (Å²) in [6, 6.07) is 7.63. The Bertz CT molecular complexity index is 1490. The average Bonchev–Trinajstić information content (AvgIpc) is 3.57. The number of carbonyl (C=O) groups excluding carboxylic acids is 1. The molecule has 3 aromatic rings. The zero-order valence-corrected chi connectivity index (χ0v) is 23.0. The Hall–Kier alpha value is -3.00. The van der Waals surface area contributed by atoms with Gasteiger partial charge < -0.3 is 19.7 Å². The molecule has 2 fully saturated rings. The number of rotatable bonds is 8. The highest BCUT2D eigenvalue weighted by atomic mass is 32.2. The first-order chi connectivity index (χ1) is 18.3. The maximum absolute atomic E-state index is 13.8. The van der Waals surface area contributed by atoms with Crippen LogP contribution >= 0.6 is 11.3 Å². The molecule has 0 bridgehead atoms. The summed E-state index contributed by atoms with van der Waals surface area (Å²) in [6.07, 6.45) is 3.13. The number of thiophene rings is 1. The molecule has 204 valence electrons. The van der Waals surface area contributed by atoms with E-state index in [1.165, 1.54) is 22.0 Å². The van der Waals surface area contributed by atoms with Gasteiger partial charge in [0, 0.05) is 44.2 Å². The molecule has 38 heavy (non-hydrogen) atoms. The van der Waals surface area contributed by atoms with Gasteiger partial charge in [-0.25, -0.2) is 13.4 Å².